The van der Waals surface area contributed by atoms with Crippen molar-refractivity contribution >= 4 is 28.2 Å². The van der Waals surface area contributed by atoms with Crippen molar-refractivity contribution < 1.29 is 14.3 Å². The number of ether oxygens (including phenoxy) is 2. The molecule has 0 bridgehead atoms. The van der Waals surface area contributed by atoms with E-state index in [1.165, 1.54) is 6.92 Å². The van der Waals surface area contributed by atoms with E-state index in [0.717, 1.165) is 16.8 Å². The van der Waals surface area contributed by atoms with Crippen LogP contribution < -0.4 is 25.7 Å². The number of hydrogen-bond acceptors (Lipinski definition) is 5. The molecule has 3 aromatic rings. The summed E-state index contributed by atoms with van der Waals surface area (Å²) in [5, 5.41) is 6.80. The average Bonchev–Trinajstić information content (AvgIpc) is 3.06. The molecule has 0 unspecified atom stereocenters. The van der Waals surface area contributed by atoms with Crippen LogP contribution in [0.4, 0.5) is 11.4 Å². The van der Waals surface area contributed by atoms with E-state index in [4.69, 9.17) is 9.47 Å². The lowest BCUT2D eigenvalue weighted by atomic mass is 10.1. The number of amides is 1. The zero-order valence-corrected chi connectivity index (χ0v) is 14.1. The van der Waals surface area contributed by atoms with Gasteiger partial charge in [-0.25, -0.2) is 0 Å². The number of aromatic amines is 1. The van der Waals surface area contributed by atoms with Gasteiger partial charge >= 0.3 is 0 Å². The van der Waals surface area contributed by atoms with Gasteiger partial charge in [0.1, 0.15) is 0 Å². The van der Waals surface area contributed by atoms with E-state index in [0.29, 0.717) is 29.1 Å². The van der Waals surface area contributed by atoms with Gasteiger partial charge < -0.3 is 25.1 Å². The molecular weight excluding hydrogens is 334 g/mol. The number of rotatable bonds is 4. The van der Waals surface area contributed by atoms with Gasteiger partial charge in [0.05, 0.1) is 5.52 Å². The van der Waals surface area contributed by atoms with Crippen molar-refractivity contribution in [3.63, 3.8) is 0 Å². The summed E-state index contributed by atoms with van der Waals surface area (Å²) in [5.41, 5.74) is 2.75. The molecule has 7 heteroatoms. The van der Waals surface area contributed by atoms with Crippen molar-refractivity contribution in [1.29, 1.82) is 0 Å². The van der Waals surface area contributed by atoms with Crippen LogP contribution in [0.2, 0.25) is 0 Å². The summed E-state index contributed by atoms with van der Waals surface area (Å²) in [6.07, 6.45) is 0. The van der Waals surface area contributed by atoms with E-state index in [9.17, 15) is 9.59 Å². The average molecular weight is 351 g/mol. The maximum Gasteiger partial charge on any atom is 0.253 e. The molecule has 0 saturated carbocycles. The normalized spacial score (nSPS) is 12.2. The number of carbonyl (C=O) groups is 1. The lowest BCUT2D eigenvalue weighted by Crippen LogP contribution is -2.15. The Balaban J connectivity index is 1.53. The van der Waals surface area contributed by atoms with Gasteiger partial charge in [-0.3, -0.25) is 9.59 Å². The quantitative estimate of drug-likeness (QED) is 0.672. The Hall–Kier alpha value is -3.48. The molecule has 0 radical (unpaired) electrons. The second kappa shape index (κ2) is 6.44. The summed E-state index contributed by atoms with van der Waals surface area (Å²) in [6.45, 7) is 2.03. The highest BCUT2D eigenvalue weighted by molar-refractivity contribution is 5.88. The van der Waals surface area contributed by atoms with Gasteiger partial charge in [0.2, 0.25) is 12.7 Å². The van der Waals surface area contributed by atoms with Crippen LogP contribution in [0.3, 0.4) is 0 Å². The standard InChI is InChI=1S/C19H17N3O4/c1-11(23)21-15-4-2-14(3-5-15)20-9-13-6-12-7-17-18(26-10-25-17)8-16(12)22-19(13)24/h2-8,20H,9-10H2,1H3,(H,21,23)(H,22,24). The minimum atomic E-state index is -0.154. The lowest BCUT2D eigenvalue weighted by molar-refractivity contribution is -0.114. The number of fused-ring (bicyclic) bond motifs is 2. The molecule has 3 N–H and O–H groups in total. The van der Waals surface area contributed by atoms with E-state index in [1.807, 2.05) is 24.3 Å². The number of hydrogen-bond donors (Lipinski definition) is 3. The molecule has 1 amide bonds. The Kier molecular flexibility index (Phi) is 3.96. The Morgan fingerprint density at radius 1 is 1.08 bits per heavy atom. The molecule has 0 fully saturated rings. The van der Waals surface area contributed by atoms with Crippen LogP contribution in [-0.2, 0) is 11.3 Å². The van der Waals surface area contributed by atoms with Crippen molar-refractivity contribution in [3.05, 3.63) is 58.4 Å². The number of benzene rings is 2. The van der Waals surface area contributed by atoms with Crippen LogP contribution >= 0.6 is 0 Å². The molecule has 1 aromatic heterocycles. The number of pyridine rings is 1. The van der Waals surface area contributed by atoms with Crippen LogP contribution in [0, 0.1) is 0 Å². The highest BCUT2D eigenvalue weighted by Gasteiger charge is 2.15. The highest BCUT2D eigenvalue weighted by Crippen LogP contribution is 2.35. The maximum absolute atomic E-state index is 12.3. The molecule has 0 spiro atoms. The van der Waals surface area contributed by atoms with Crippen molar-refractivity contribution in [2.75, 3.05) is 17.4 Å². The maximum atomic E-state index is 12.3. The molecule has 1 aliphatic rings. The first-order valence-electron chi connectivity index (χ1n) is 8.15. The molecule has 4 rings (SSSR count). The van der Waals surface area contributed by atoms with Crippen molar-refractivity contribution in [1.82, 2.24) is 4.98 Å². The number of anilines is 2. The van der Waals surface area contributed by atoms with Crippen LogP contribution in [0.1, 0.15) is 12.5 Å². The first kappa shape index (κ1) is 16.0. The van der Waals surface area contributed by atoms with Gasteiger partial charge in [-0.1, -0.05) is 0 Å². The van der Waals surface area contributed by atoms with Gasteiger partial charge in [-0.15, -0.1) is 0 Å². The third-order valence-corrected chi connectivity index (χ3v) is 4.10. The Bertz CT molecular complexity index is 1040. The predicted molar refractivity (Wildman–Crippen MR) is 98.8 cm³/mol. The van der Waals surface area contributed by atoms with Gasteiger partial charge in [-0.2, -0.15) is 0 Å². The monoisotopic (exact) mass is 351 g/mol. The number of nitrogens with one attached hydrogen (secondary N) is 3. The van der Waals surface area contributed by atoms with Gasteiger partial charge in [0, 0.05) is 41.9 Å². The fourth-order valence-electron chi connectivity index (χ4n) is 2.84. The molecule has 0 atom stereocenters. The first-order valence-corrected chi connectivity index (χ1v) is 8.15. The van der Waals surface area contributed by atoms with Crippen LogP contribution in [0.25, 0.3) is 10.9 Å². The van der Waals surface area contributed by atoms with Gasteiger partial charge in [0.15, 0.2) is 11.5 Å². The molecule has 7 nitrogen and oxygen atoms in total. The summed E-state index contributed by atoms with van der Waals surface area (Å²) in [5.74, 6) is 1.20. The summed E-state index contributed by atoms with van der Waals surface area (Å²) in [7, 11) is 0. The Labute approximate surface area is 148 Å². The van der Waals surface area contributed by atoms with E-state index in [-0.39, 0.29) is 18.3 Å². The summed E-state index contributed by atoms with van der Waals surface area (Å²) in [4.78, 5) is 26.2. The molecule has 1 aliphatic heterocycles. The number of H-pyrrole nitrogens is 1. The predicted octanol–water partition coefficient (Wildman–Crippen LogP) is 2.83. The van der Waals surface area contributed by atoms with Crippen LogP contribution in [-0.4, -0.2) is 17.7 Å². The van der Waals surface area contributed by atoms with Crippen molar-refractivity contribution in [2.24, 2.45) is 0 Å². The summed E-state index contributed by atoms with van der Waals surface area (Å²) in [6, 6.07) is 12.8. The summed E-state index contributed by atoms with van der Waals surface area (Å²) >= 11 is 0. The number of carbonyl (C=O) groups excluding carboxylic acids is 1. The fraction of sp³-hybridized carbons (Fsp3) is 0.158. The topological polar surface area (TPSA) is 92.5 Å². The first-order chi connectivity index (χ1) is 12.6. The molecule has 132 valence electrons. The van der Waals surface area contributed by atoms with E-state index in [2.05, 4.69) is 15.6 Å². The van der Waals surface area contributed by atoms with E-state index in [1.54, 1.807) is 18.2 Å². The van der Waals surface area contributed by atoms with Crippen molar-refractivity contribution in [3.8, 4) is 11.5 Å². The van der Waals surface area contributed by atoms with Crippen LogP contribution in [0.15, 0.2) is 47.3 Å². The van der Waals surface area contributed by atoms with E-state index < -0.39 is 0 Å². The number of aromatic nitrogens is 1. The lowest BCUT2D eigenvalue weighted by Gasteiger charge is -2.09. The SMILES string of the molecule is CC(=O)Nc1ccc(NCc2cc3cc4c(cc3[nH]c2=O)OCO4)cc1. The Morgan fingerprint density at radius 2 is 1.77 bits per heavy atom. The minimum Gasteiger partial charge on any atom is -0.454 e. The Morgan fingerprint density at radius 3 is 2.50 bits per heavy atom. The molecule has 26 heavy (non-hydrogen) atoms. The largest absolute Gasteiger partial charge is 0.454 e. The minimum absolute atomic E-state index is 0.116. The molecule has 2 aromatic carbocycles. The third kappa shape index (κ3) is 3.19. The van der Waals surface area contributed by atoms with E-state index >= 15 is 0 Å². The zero-order chi connectivity index (χ0) is 18.1. The molecular formula is C19H17N3O4. The van der Waals surface area contributed by atoms with Crippen molar-refractivity contribution in [2.45, 2.75) is 13.5 Å². The van der Waals surface area contributed by atoms with Crippen LogP contribution in [0.5, 0.6) is 11.5 Å². The van der Waals surface area contributed by atoms with Gasteiger partial charge in [-0.05, 0) is 36.4 Å². The smallest absolute Gasteiger partial charge is 0.253 e. The molecule has 2 heterocycles. The molecule has 0 saturated heterocycles. The summed E-state index contributed by atoms with van der Waals surface area (Å²) < 4.78 is 10.7. The van der Waals surface area contributed by atoms with Gasteiger partial charge in [0.25, 0.3) is 5.56 Å². The second-order valence-electron chi connectivity index (χ2n) is 6.03. The third-order valence-electron chi connectivity index (χ3n) is 4.10. The fourth-order valence-corrected chi connectivity index (χ4v) is 2.84. The highest BCUT2D eigenvalue weighted by atomic mass is 16.7. The molecule has 0 aliphatic carbocycles. The zero-order valence-electron chi connectivity index (χ0n) is 14.1. The second-order valence-corrected chi connectivity index (χ2v) is 6.03.